The van der Waals surface area contributed by atoms with Crippen molar-refractivity contribution in [1.82, 2.24) is 9.38 Å². The van der Waals surface area contributed by atoms with Gasteiger partial charge in [0, 0.05) is 30.0 Å². The standard InChI is InChI=1S/C15H13N3OS/c19-14(9-12-10-17-7-8-20-15(17)16-12)18-6-5-11-3-1-2-4-13(11)18/h1-4,7-8,10H,5-6,9H2. The fourth-order valence-electron chi connectivity index (χ4n) is 2.71. The van der Waals surface area contributed by atoms with Crippen LogP contribution in [0.15, 0.2) is 42.0 Å². The van der Waals surface area contributed by atoms with Crippen LogP contribution in [0.25, 0.3) is 4.96 Å². The molecule has 1 aliphatic rings. The molecule has 0 bridgehead atoms. The second kappa shape index (κ2) is 4.45. The van der Waals surface area contributed by atoms with E-state index in [1.807, 2.05) is 45.3 Å². The minimum absolute atomic E-state index is 0.126. The number of amides is 1. The van der Waals surface area contributed by atoms with Crippen molar-refractivity contribution in [3.8, 4) is 0 Å². The molecule has 20 heavy (non-hydrogen) atoms. The fourth-order valence-corrected chi connectivity index (χ4v) is 3.43. The highest BCUT2D eigenvalue weighted by Gasteiger charge is 2.24. The van der Waals surface area contributed by atoms with E-state index in [1.54, 1.807) is 11.3 Å². The number of imidazole rings is 1. The SMILES string of the molecule is O=C(Cc1cn2ccsc2n1)N1CCc2ccccc21. The third-order valence-electron chi connectivity index (χ3n) is 3.66. The maximum atomic E-state index is 12.5. The van der Waals surface area contributed by atoms with Crippen LogP contribution in [0.2, 0.25) is 0 Å². The Bertz CT molecular complexity index is 761. The number of para-hydroxylation sites is 1. The molecule has 1 aliphatic heterocycles. The second-order valence-electron chi connectivity index (χ2n) is 4.93. The summed E-state index contributed by atoms with van der Waals surface area (Å²) in [6, 6.07) is 8.12. The van der Waals surface area contributed by atoms with Gasteiger partial charge in [0.25, 0.3) is 0 Å². The van der Waals surface area contributed by atoms with Crippen LogP contribution in [-0.2, 0) is 17.6 Å². The van der Waals surface area contributed by atoms with Gasteiger partial charge >= 0.3 is 0 Å². The quantitative estimate of drug-likeness (QED) is 0.725. The molecule has 1 aromatic carbocycles. The van der Waals surface area contributed by atoms with Gasteiger partial charge in [0.1, 0.15) is 0 Å². The number of hydrogen-bond acceptors (Lipinski definition) is 3. The predicted molar refractivity (Wildman–Crippen MR) is 79.3 cm³/mol. The number of benzene rings is 1. The van der Waals surface area contributed by atoms with E-state index >= 15 is 0 Å². The van der Waals surface area contributed by atoms with Crippen molar-refractivity contribution in [3.63, 3.8) is 0 Å². The number of anilines is 1. The monoisotopic (exact) mass is 283 g/mol. The van der Waals surface area contributed by atoms with Gasteiger partial charge in [-0.15, -0.1) is 11.3 Å². The number of hydrogen-bond donors (Lipinski definition) is 0. The summed E-state index contributed by atoms with van der Waals surface area (Å²) in [4.78, 5) is 19.7. The molecule has 0 aliphatic carbocycles. The zero-order chi connectivity index (χ0) is 13.5. The van der Waals surface area contributed by atoms with Crippen molar-refractivity contribution in [3.05, 3.63) is 53.3 Å². The third-order valence-corrected chi connectivity index (χ3v) is 4.43. The number of aromatic nitrogens is 2. The lowest BCUT2D eigenvalue weighted by molar-refractivity contribution is -0.117. The van der Waals surface area contributed by atoms with Gasteiger partial charge in [-0.25, -0.2) is 4.98 Å². The molecule has 0 atom stereocenters. The van der Waals surface area contributed by atoms with Crippen molar-refractivity contribution in [2.75, 3.05) is 11.4 Å². The van der Waals surface area contributed by atoms with E-state index in [2.05, 4.69) is 11.1 Å². The zero-order valence-electron chi connectivity index (χ0n) is 10.8. The first-order chi connectivity index (χ1) is 9.81. The molecule has 0 fully saturated rings. The largest absolute Gasteiger partial charge is 0.311 e. The highest BCUT2D eigenvalue weighted by Crippen LogP contribution is 2.28. The Kier molecular flexibility index (Phi) is 2.60. The molecule has 0 spiro atoms. The number of carbonyl (C=O) groups excluding carboxylic acids is 1. The first-order valence-corrected chi connectivity index (χ1v) is 7.48. The summed E-state index contributed by atoms with van der Waals surface area (Å²) in [5.74, 6) is 0.126. The third kappa shape index (κ3) is 1.82. The first-order valence-electron chi connectivity index (χ1n) is 6.60. The molecule has 0 unspecified atom stereocenters. The summed E-state index contributed by atoms with van der Waals surface area (Å²) in [6.07, 6.45) is 5.21. The molecule has 0 N–H and O–H groups in total. The van der Waals surface area contributed by atoms with Crippen LogP contribution < -0.4 is 4.90 Å². The van der Waals surface area contributed by atoms with E-state index in [0.717, 1.165) is 29.3 Å². The molecule has 4 nitrogen and oxygen atoms in total. The van der Waals surface area contributed by atoms with Crippen molar-refractivity contribution in [1.29, 1.82) is 0 Å². The van der Waals surface area contributed by atoms with Gasteiger partial charge in [0.15, 0.2) is 4.96 Å². The van der Waals surface area contributed by atoms with Crippen molar-refractivity contribution < 1.29 is 4.79 Å². The molecular formula is C15H13N3OS. The number of fused-ring (bicyclic) bond motifs is 2. The highest BCUT2D eigenvalue weighted by molar-refractivity contribution is 7.15. The Labute approximate surface area is 120 Å². The minimum atomic E-state index is 0.126. The van der Waals surface area contributed by atoms with Gasteiger partial charge in [-0.2, -0.15) is 0 Å². The maximum Gasteiger partial charge on any atom is 0.233 e. The lowest BCUT2D eigenvalue weighted by Crippen LogP contribution is -2.30. The van der Waals surface area contributed by atoms with E-state index in [-0.39, 0.29) is 5.91 Å². The number of carbonyl (C=O) groups is 1. The maximum absolute atomic E-state index is 12.5. The normalized spacial score (nSPS) is 13.9. The molecule has 3 aromatic rings. The number of nitrogens with zero attached hydrogens (tertiary/aromatic N) is 3. The molecule has 4 rings (SSSR count). The van der Waals surface area contributed by atoms with Gasteiger partial charge in [0.2, 0.25) is 5.91 Å². The summed E-state index contributed by atoms with van der Waals surface area (Å²) < 4.78 is 1.96. The summed E-state index contributed by atoms with van der Waals surface area (Å²) in [7, 11) is 0. The van der Waals surface area contributed by atoms with Crippen molar-refractivity contribution in [2.45, 2.75) is 12.8 Å². The van der Waals surface area contributed by atoms with E-state index in [1.165, 1.54) is 5.56 Å². The minimum Gasteiger partial charge on any atom is -0.311 e. The summed E-state index contributed by atoms with van der Waals surface area (Å²) >= 11 is 1.58. The molecule has 0 radical (unpaired) electrons. The van der Waals surface area contributed by atoms with E-state index in [0.29, 0.717) is 6.42 Å². The molecule has 0 saturated carbocycles. The lowest BCUT2D eigenvalue weighted by atomic mass is 10.2. The van der Waals surface area contributed by atoms with Gasteiger partial charge in [-0.3, -0.25) is 9.20 Å². The van der Waals surface area contributed by atoms with E-state index < -0.39 is 0 Å². The Hall–Kier alpha value is -2.14. The van der Waals surface area contributed by atoms with Crippen LogP contribution in [0.5, 0.6) is 0 Å². The van der Waals surface area contributed by atoms with Crippen LogP contribution >= 0.6 is 11.3 Å². The summed E-state index contributed by atoms with van der Waals surface area (Å²) in [6.45, 7) is 0.778. The molecule has 100 valence electrons. The predicted octanol–water partition coefficient (Wildman–Crippen LogP) is 2.53. The summed E-state index contributed by atoms with van der Waals surface area (Å²) in [5.41, 5.74) is 3.15. The lowest BCUT2D eigenvalue weighted by Gasteiger charge is -2.16. The Morgan fingerprint density at radius 3 is 3.15 bits per heavy atom. The topological polar surface area (TPSA) is 37.6 Å². The van der Waals surface area contributed by atoms with Crippen LogP contribution in [0.3, 0.4) is 0 Å². The molecule has 0 saturated heterocycles. The molecule has 2 aromatic heterocycles. The number of thiazole rings is 1. The van der Waals surface area contributed by atoms with Crippen LogP contribution in [0, 0.1) is 0 Å². The molecule has 5 heteroatoms. The molecule has 3 heterocycles. The van der Waals surface area contributed by atoms with Crippen LogP contribution in [0.1, 0.15) is 11.3 Å². The number of rotatable bonds is 2. The average Bonchev–Trinajstić information content (AvgIpc) is 3.10. The molecular weight excluding hydrogens is 270 g/mol. The van der Waals surface area contributed by atoms with Crippen molar-refractivity contribution in [2.24, 2.45) is 0 Å². The second-order valence-corrected chi connectivity index (χ2v) is 5.80. The van der Waals surface area contributed by atoms with Gasteiger partial charge in [0.05, 0.1) is 12.1 Å². The van der Waals surface area contributed by atoms with Gasteiger partial charge < -0.3 is 4.90 Å². The fraction of sp³-hybridized carbons (Fsp3) is 0.200. The smallest absolute Gasteiger partial charge is 0.233 e. The first kappa shape index (κ1) is 11.7. The summed E-state index contributed by atoms with van der Waals surface area (Å²) in [5, 5.41) is 1.99. The zero-order valence-corrected chi connectivity index (χ0v) is 11.6. The van der Waals surface area contributed by atoms with E-state index in [9.17, 15) is 4.79 Å². The van der Waals surface area contributed by atoms with Gasteiger partial charge in [-0.1, -0.05) is 18.2 Å². The average molecular weight is 283 g/mol. The van der Waals surface area contributed by atoms with Crippen LogP contribution in [-0.4, -0.2) is 21.8 Å². The molecule has 1 amide bonds. The van der Waals surface area contributed by atoms with Gasteiger partial charge in [-0.05, 0) is 18.1 Å². The van der Waals surface area contributed by atoms with Crippen molar-refractivity contribution >= 4 is 27.9 Å². The Balaban J connectivity index is 1.58. The Morgan fingerprint density at radius 1 is 1.35 bits per heavy atom. The highest BCUT2D eigenvalue weighted by atomic mass is 32.1. The Morgan fingerprint density at radius 2 is 2.25 bits per heavy atom. The van der Waals surface area contributed by atoms with E-state index in [4.69, 9.17) is 0 Å². The van der Waals surface area contributed by atoms with Crippen LogP contribution in [0.4, 0.5) is 5.69 Å².